The number of aromatic nitrogens is 2. The first-order valence-corrected chi connectivity index (χ1v) is 5.87. The zero-order chi connectivity index (χ0) is 11.0. The number of benzene rings is 1. The Kier molecular flexibility index (Phi) is 2.40. The van der Waals surface area contributed by atoms with E-state index in [-0.39, 0.29) is 0 Å². The molecular formula is C12H12ClN3. The minimum absolute atomic E-state index is 0.465. The summed E-state index contributed by atoms with van der Waals surface area (Å²) in [6.45, 7) is 0.986. The van der Waals surface area contributed by atoms with E-state index in [1.165, 1.54) is 12.8 Å². The van der Waals surface area contributed by atoms with Gasteiger partial charge in [-0.15, -0.1) is 10.2 Å². The predicted molar refractivity (Wildman–Crippen MR) is 65.8 cm³/mol. The molecule has 1 heterocycles. The van der Waals surface area contributed by atoms with Crippen LogP contribution in [0.25, 0.3) is 10.8 Å². The van der Waals surface area contributed by atoms with E-state index in [9.17, 15) is 0 Å². The maximum atomic E-state index is 6.00. The SMILES string of the molecule is Clc1nnc(NCC2CC2)c2ccccc12. The summed E-state index contributed by atoms with van der Waals surface area (Å²) in [5.74, 6) is 1.66. The monoisotopic (exact) mass is 233 g/mol. The molecule has 0 amide bonds. The van der Waals surface area contributed by atoms with E-state index >= 15 is 0 Å². The summed E-state index contributed by atoms with van der Waals surface area (Å²) in [6, 6.07) is 7.93. The fraction of sp³-hybridized carbons (Fsp3) is 0.333. The van der Waals surface area contributed by atoms with Gasteiger partial charge in [0.15, 0.2) is 11.0 Å². The van der Waals surface area contributed by atoms with Gasteiger partial charge >= 0.3 is 0 Å². The third kappa shape index (κ3) is 1.83. The summed E-state index contributed by atoms with van der Waals surface area (Å²) in [4.78, 5) is 0. The van der Waals surface area contributed by atoms with Crippen LogP contribution >= 0.6 is 11.6 Å². The van der Waals surface area contributed by atoms with Gasteiger partial charge in [-0.25, -0.2) is 0 Å². The first-order valence-electron chi connectivity index (χ1n) is 5.49. The number of hydrogen-bond donors (Lipinski definition) is 1. The van der Waals surface area contributed by atoms with Crippen molar-refractivity contribution in [1.29, 1.82) is 0 Å². The van der Waals surface area contributed by atoms with Crippen LogP contribution in [0.4, 0.5) is 5.82 Å². The Labute approximate surface area is 98.8 Å². The smallest absolute Gasteiger partial charge is 0.159 e. The van der Waals surface area contributed by atoms with E-state index in [0.29, 0.717) is 5.15 Å². The van der Waals surface area contributed by atoms with E-state index in [1.807, 2.05) is 24.3 Å². The minimum Gasteiger partial charge on any atom is -0.368 e. The van der Waals surface area contributed by atoms with Gasteiger partial charge in [-0.2, -0.15) is 0 Å². The number of rotatable bonds is 3. The Balaban J connectivity index is 1.99. The van der Waals surface area contributed by atoms with Crippen LogP contribution in [-0.2, 0) is 0 Å². The van der Waals surface area contributed by atoms with E-state index in [4.69, 9.17) is 11.6 Å². The van der Waals surface area contributed by atoms with Crippen LogP contribution in [0.15, 0.2) is 24.3 Å². The molecule has 0 radical (unpaired) electrons. The predicted octanol–water partition coefficient (Wildman–Crippen LogP) is 3.11. The first-order chi connectivity index (χ1) is 7.84. The van der Waals surface area contributed by atoms with E-state index in [0.717, 1.165) is 29.1 Å². The summed E-state index contributed by atoms with van der Waals surface area (Å²) in [5, 5.41) is 13.9. The Morgan fingerprint density at radius 3 is 2.69 bits per heavy atom. The van der Waals surface area contributed by atoms with Crippen LogP contribution in [0.5, 0.6) is 0 Å². The molecule has 0 bridgehead atoms. The highest BCUT2D eigenvalue weighted by Crippen LogP contribution is 2.30. The van der Waals surface area contributed by atoms with E-state index in [2.05, 4.69) is 15.5 Å². The van der Waals surface area contributed by atoms with Gasteiger partial charge in [0.1, 0.15) is 0 Å². The van der Waals surface area contributed by atoms with Crippen molar-refractivity contribution in [2.45, 2.75) is 12.8 Å². The molecule has 16 heavy (non-hydrogen) atoms. The molecule has 1 aromatic heterocycles. The summed E-state index contributed by atoms with van der Waals surface area (Å²) in [5.41, 5.74) is 0. The second-order valence-electron chi connectivity index (χ2n) is 4.21. The molecule has 3 rings (SSSR count). The maximum absolute atomic E-state index is 6.00. The second kappa shape index (κ2) is 3.91. The highest BCUT2D eigenvalue weighted by Gasteiger charge is 2.21. The third-order valence-electron chi connectivity index (χ3n) is 2.90. The van der Waals surface area contributed by atoms with Crippen LogP contribution in [0.1, 0.15) is 12.8 Å². The Bertz CT molecular complexity index is 523. The molecule has 0 saturated heterocycles. The standard InChI is InChI=1S/C12H12ClN3/c13-11-9-3-1-2-4-10(9)12(16-15-11)14-7-8-5-6-8/h1-4,8H,5-7H2,(H,14,16). The summed E-state index contributed by atoms with van der Waals surface area (Å²) in [7, 11) is 0. The molecule has 3 nitrogen and oxygen atoms in total. The highest BCUT2D eigenvalue weighted by molar-refractivity contribution is 6.34. The van der Waals surface area contributed by atoms with Gasteiger partial charge < -0.3 is 5.32 Å². The van der Waals surface area contributed by atoms with Crippen molar-refractivity contribution >= 4 is 28.2 Å². The molecule has 1 aliphatic carbocycles. The molecule has 0 atom stereocenters. The van der Waals surface area contributed by atoms with Crippen LogP contribution in [-0.4, -0.2) is 16.7 Å². The average molecular weight is 234 g/mol. The number of nitrogens with zero attached hydrogens (tertiary/aromatic N) is 2. The van der Waals surface area contributed by atoms with Crippen molar-refractivity contribution in [2.75, 3.05) is 11.9 Å². The van der Waals surface area contributed by atoms with Gasteiger partial charge in [-0.3, -0.25) is 0 Å². The van der Waals surface area contributed by atoms with E-state index < -0.39 is 0 Å². The first kappa shape index (κ1) is 9.85. The molecule has 1 N–H and O–H groups in total. The van der Waals surface area contributed by atoms with Crippen molar-refractivity contribution in [3.63, 3.8) is 0 Å². The highest BCUT2D eigenvalue weighted by atomic mass is 35.5. The lowest BCUT2D eigenvalue weighted by Gasteiger charge is -2.07. The van der Waals surface area contributed by atoms with Crippen molar-refractivity contribution in [3.8, 4) is 0 Å². The normalized spacial score (nSPS) is 15.3. The van der Waals surface area contributed by atoms with Gasteiger partial charge in [0.05, 0.1) is 0 Å². The molecular weight excluding hydrogens is 222 g/mol. The van der Waals surface area contributed by atoms with Gasteiger partial charge in [-0.05, 0) is 18.8 Å². The Morgan fingerprint density at radius 1 is 1.19 bits per heavy atom. The topological polar surface area (TPSA) is 37.8 Å². The number of fused-ring (bicyclic) bond motifs is 1. The molecule has 1 aromatic carbocycles. The zero-order valence-electron chi connectivity index (χ0n) is 8.78. The second-order valence-corrected chi connectivity index (χ2v) is 4.57. The molecule has 2 aromatic rings. The van der Waals surface area contributed by atoms with Gasteiger partial charge in [0, 0.05) is 17.3 Å². The van der Waals surface area contributed by atoms with Crippen molar-refractivity contribution in [1.82, 2.24) is 10.2 Å². The number of halogens is 1. The quantitative estimate of drug-likeness (QED) is 0.885. The molecule has 0 spiro atoms. The van der Waals surface area contributed by atoms with E-state index in [1.54, 1.807) is 0 Å². The number of anilines is 1. The molecule has 0 unspecified atom stereocenters. The van der Waals surface area contributed by atoms with Gasteiger partial charge in [0.25, 0.3) is 0 Å². The fourth-order valence-electron chi connectivity index (χ4n) is 1.76. The molecule has 0 aliphatic heterocycles. The van der Waals surface area contributed by atoms with Crippen LogP contribution in [0.3, 0.4) is 0 Å². The number of nitrogens with one attached hydrogen (secondary N) is 1. The van der Waals surface area contributed by atoms with Crippen LogP contribution < -0.4 is 5.32 Å². The largest absolute Gasteiger partial charge is 0.368 e. The summed E-state index contributed by atoms with van der Waals surface area (Å²) in [6.07, 6.45) is 2.65. The lowest BCUT2D eigenvalue weighted by atomic mass is 10.2. The molecule has 1 saturated carbocycles. The fourth-order valence-corrected chi connectivity index (χ4v) is 1.97. The molecule has 82 valence electrons. The maximum Gasteiger partial charge on any atom is 0.159 e. The van der Waals surface area contributed by atoms with Crippen LogP contribution in [0.2, 0.25) is 5.15 Å². The van der Waals surface area contributed by atoms with Gasteiger partial charge in [0.2, 0.25) is 0 Å². The summed E-state index contributed by atoms with van der Waals surface area (Å²) >= 11 is 6.00. The van der Waals surface area contributed by atoms with Crippen molar-refractivity contribution in [2.24, 2.45) is 5.92 Å². The van der Waals surface area contributed by atoms with Crippen molar-refractivity contribution in [3.05, 3.63) is 29.4 Å². The lowest BCUT2D eigenvalue weighted by Crippen LogP contribution is -2.06. The summed E-state index contributed by atoms with van der Waals surface area (Å²) < 4.78 is 0. The van der Waals surface area contributed by atoms with Gasteiger partial charge in [-0.1, -0.05) is 35.9 Å². The van der Waals surface area contributed by atoms with Crippen molar-refractivity contribution < 1.29 is 0 Å². The zero-order valence-corrected chi connectivity index (χ0v) is 9.54. The minimum atomic E-state index is 0.465. The van der Waals surface area contributed by atoms with Crippen LogP contribution in [0, 0.1) is 5.92 Å². The molecule has 1 aliphatic rings. The average Bonchev–Trinajstić information content (AvgIpc) is 3.13. The number of hydrogen-bond acceptors (Lipinski definition) is 3. The Hall–Kier alpha value is -1.35. The molecule has 1 fully saturated rings. The molecule has 4 heteroatoms. The lowest BCUT2D eigenvalue weighted by molar-refractivity contribution is 0.876. The third-order valence-corrected chi connectivity index (χ3v) is 3.18. The Morgan fingerprint density at radius 2 is 1.94 bits per heavy atom.